The van der Waals surface area contributed by atoms with Gasteiger partial charge < -0.3 is 14.2 Å². The molecule has 3 fully saturated rings. The summed E-state index contributed by atoms with van der Waals surface area (Å²) < 4.78 is 18.3. The quantitative estimate of drug-likeness (QED) is 0.830. The average Bonchev–Trinajstić information content (AvgIpc) is 3.41. The second-order valence-electron chi connectivity index (χ2n) is 9.13. The van der Waals surface area contributed by atoms with E-state index in [9.17, 15) is 0 Å². The molecule has 2 heterocycles. The Balaban J connectivity index is 1.51. The number of benzene rings is 1. The summed E-state index contributed by atoms with van der Waals surface area (Å²) in [7, 11) is 3.62. The third-order valence-electron chi connectivity index (χ3n) is 8.07. The fourth-order valence-electron chi connectivity index (χ4n) is 6.83. The molecule has 4 heteroatoms. The normalized spacial score (nSPS) is 40.1. The number of hydrogen-bond donors (Lipinski definition) is 0. The minimum Gasteiger partial charge on any atom is -0.493 e. The van der Waals surface area contributed by atoms with Crippen molar-refractivity contribution >= 4 is 0 Å². The Labute approximate surface area is 155 Å². The Morgan fingerprint density at radius 3 is 2.85 bits per heavy atom. The average molecular weight is 355 g/mol. The summed E-state index contributed by atoms with van der Waals surface area (Å²) in [6.07, 6.45) is 8.00. The first-order valence-electron chi connectivity index (χ1n) is 10.4. The molecule has 0 radical (unpaired) electrons. The number of ether oxygens (including phenoxy) is 3. The Morgan fingerprint density at radius 1 is 1.19 bits per heavy atom. The topological polar surface area (TPSA) is 30.9 Å². The van der Waals surface area contributed by atoms with Crippen LogP contribution in [0.15, 0.2) is 12.1 Å². The van der Waals surface area contributed by atoms with E-state index in [1.165, 1.54) is 56.3 Å². The van der Waals surface area contributed by atoms with Crippen molar-refractivity contribution in [1.82, 2.24) is 4.90 Å². The number of likely N-dealkylation sites (tertiary alicyclic amines) is 1. The smallest absolute Gasteiger partial charge is 0.165 e. The highest BCUT2D eigenvalue weighted by Gasteiger charge is 2.66. The highest BCUT2D eigenvalue weighted by atomic mass is 16.6. The molecule has 2 unspecified atom stereocenters. The maximum absolute atomic E-state index is 6.66. The van der Waals surface area contributed by atoms with Crippen molar-refractivity contribution in [2.75, 3.05) is 27.3 Å². The van der Waals surface area contributed by atoms with E-state index in [2.05, 4.69) is 17.0 Å². The van der Waals surface area contributed by atoms with Crippen LogP contribution in [0.3, 0.4) is 0 Å². The molecule has 1 aromatic rings. The Kier molecular flexibility index (Phi) is 3.27. The van der Waals surface area contributed by atoms with E-state index >= 15 is 0 Å². The minimum atomic E-state index is 0.140. The zero-order valence-electron chi connectivity index (χ0n) is 15.9. The van der Waals surface area contributed by atoms with E-state index in [1.807, 2.05) is 7.11 Å². The summed E-state index contributed by atoms with van der Waals surface area (Å²) in [5, 5.41) is 0. The Bertz CT molecular complexity index is 745. The largest absolute Gasteiger partial charge is 0.493 e. The van der Waals surface area contributed by atoms with Crippen LogP contribution >= 0.6 is 0 Å². The molecule has 4 nitrogen and oxygen atoms in total. The molecule has 1 saturated heterocycles. The van der Waals surface area contributed by atoms with Crippen molar-refractivity contribution < 1.29 is 14.2 Å². The summed E-state index contributed by atoms with van der Waals surface area (Å²) >= 11 is 0. The van der Waals surface area contributed by atoms with Crippen LogP contribution < -0.4 is 9.47 Å². The maximum atomic E-state index is 6.66. The predicted octanol–water partition coefficient (Wildman–Crippen LogP) is 3.16. The van der Waals surface area contributed by atoms with Crippen LogP contribution in [0.4, 0.5) is 0 Å². The van der Waals surface area contributed by atoms with Crippen LogP contribution in [-0.2, 0) is 16.6 Å². The van der Waals surface area contributed by atoms with Gasteiger partial charge in [-0.2, -0.15) is 0 Å². The molecule has 2 bridgehead atoms. The van der Waals surface area contributed by atoms with Gasteiger partial charge in [0.15, 0.2) is 11.5 Å². The van der Waals surface area contributed by atoms with Gasteiger partial charge in [-0.05, 0) is 68.5 Å². The number of nitrogens with zero attached hydrogens (tertiary/aromatic N) is 1. The molecule has 3 aliphatic carbocycles. The lowest BCUT2D eigenvalue weighted by atomic mass is 9.51. The van der Waals surface area contributed by atoms with Gasteiger partial charge in [0, 0.05) is 30.7 Å². The first kappa shape index (κ1) is 15.8. The molecule has 5 aliphatic rings. The lowest BCUT2D eigenvalue weighted by Crippen LogP contribution is -2.67. The van der Waals surface area contributed by atoms with Gasteiger partial charge >= 0.3 is 0 Å². The van der Waals surface area contributed by atoms with Gasteiger partial charge in [0.1, 0.15) is 6.10 Å². The van der Waals surface area contributed by atoms with E-state index in [0.29, 0.717) is 12.0 Å². The third-order valence-corrected chi connectivity index (χ3v) is 8.07. The van der Waals surface area contributed by atoms with E-state index in [4.69, 9.17) is 14.2 Å². The molecular formula is C22H29NO3. The van der Waals surface area contributed by atoms with E-state index in [-0.39, 0.29) is 17.6 Å². The molecular weight excluding hydrogens is 326 g/mol. The van der Waals surface area contributed by atoms with E-state index in [1.54, 1.807) is 7.11 Å². The molecule has 2 aliphatic heterocycles. The molecule has 1 aromatic carbocycles. The van der Waals surface area contributed by atoms with E-state index < -0.39 is 0 Å². The van der Waals surface area contributed by atoms with Crippen molar-refractivity contribution in [2.24, 2.45) is 11.8 Å². The van der Waals surface area contributed by atoms with Gasteiger partial charge in [-0.25, -0.2) is 0 Å². The van der Waals surface area contributed by atoms with Gasteiger partial charge in [0.25, 0.3) is 0 Å². The molecule has 140 valence electrons. The summed E-state index contributed by atoms with van der Waals surface area (Å²) in [5.41, 5.74) is 3.12. The van der Waals surface area contributed by atoms with Crippen LogP contribution in [0, 0.1) is 11.8 Å². The maximum Gasteiger partial charge on any atom is 0.165 e. The zero-order chi connectivity index (χ0) is 17.5. The summed E-state index contributed by atoms with van der Waals surface area (Å²) in [5.74, 6) is 3.59. The standard InChI is InChI=1S/C22H29NO3/c1-24-17-7-5-14-11-16-15-6-8-18(25-2)21-22(15,19(14)20(17)26-21)9-10-23(16)12-13-3-4-13/h5,7,13,15-16,18,21H,3-4,6,8-12H2,1-2H3/t15?,16-,18?,21+,22+/m1/s1. The number of rotatable bonds is 4. The molecule has 6 rings (SSSR count). The zero-order valence-corrected chi connectivity index (χ0v) is 15.9. The number of methoxy groups -OCH3 is 2. The molecule has 2 saturated carbocycles. The second-order valence-corrected chi connectivity index (χ2v) is 9.13. The van der Waals surface area contributed by atoms with Gasteiger partial charge in [0.2, 0.25) is 0 Å². The molecule has 1 spiro atoms. The van der Waals surface area contributed by atoms with Crippen LogP contribution in [0.5, 0.6) is 11.5 Å². The van der Waals surface area contributed by atoms with Gasteiger partial charge in [-0.15, -0.1) is 0 Å². The minimum absolute atomic E-state index is 0.140. The first-order chi connectivity index (χ1) is 12.8. The first-order valence-corrected chi connectivity index (χ1v) is 10.4. The van der Waals surface area contributed by atoms with Crippen LogP contribution in [-0.4, -0.2) is 50.5 Å². The van der Waals surface area contributed by atoms with Crippen molar-refractivity contribution in [3.05, 3.63) is 23.3 Å². The molecule has 0 aromatic heterocycles. The monoisotopic (exact) mass is 355 g/mol. The fourth-order valence-corrected chi connectivity index (χ4v) is 6.83. The van der Waals surface area contributed by atoms with Gasteiger partial charge in [0.05, 0.1) is 13.2 Å². The summed E-state index contributed by atoms with van der Waals surface area (Å²) in [4.78, 5) is 2.84. The molecule has 0 amide bonds. The predicted molar refractivity (Wildman–Crippen MR) is 99.0 cm³/mol. The third kappa shape index (κ3) is 1.87. The summed E-state index contributed by atoms with van der Waals surface area (Å²) in [6.45, 7) is 2.53. The molecule has 5 atom stereocenters. The number of hydrogen-bond acceptors (Lipinski definition) is 4. The second kappa shape index (κ2) is 5.39. The highest BCUT2D eigenvalue weighted by Crippen LogP contribution is 2.64. The Morgan fingerprint density at radius 2 is 2.08 bits per heavy atom. The van der Waals surface area contributed by atoms with Crippen molar-refractivity contribution in [3.8, 4) is 11.5 Å². The fraction of sp³-hybridized carbons (Fsp3) is 0.727. The SMILES string of the molecule is COc1ccc2c3c1O[C@H]1C(OC)CCC4[C@@H](C2)N(CC2CC2)CC[C@@]341. The van der Waals surface area contributed by atoms with Crippen molar-refractivity contribution in [2.45, 2.75) is 62.2 Å². The van der Waals surface area contributed by atoms with Crippen molar-refractivity contribution in [1.29, 1.82) is 0 Å². The summed E-state index contributed by atoms with van der Waals surface area (Å²) in [6, 6.07) is 5.11. The lowest BCUT2D eigenvalue weighted by Gasteiger charge is -2.59. The van der Waals surface area contributed by atoms with Gasteiger partial charge in [-0.3, -0.25) is 4.90 Å². The van der Waals surface area contributed by atoms with Crippen LogP contribution in [0.1, 0.15) is 43.2 Å². The van der Waals surface area contributed by atoms with Gasteiger partial charge in [-0.1, -0.05) is 6.07 Å². The van der Waals surface area contributed by atoms with Crippen LogP contribution in [0.25, 0.3) is 0 Å². The number of piperidine rings is 1. The molecule has 0 N–H and O–H groups in total. The van der Waals surface area contributed by atoms with Crippen molar-refractivity contribution in [3.63, 3.8) is 0 Å². The van der Waals surface area contributed by atoms with Crippen LogP contribution in [0.2, 0.25) is 0 Å². The van der Waals surface area contributed by atoms with E-state index in [0.717, 1.165) is 23.8 Å². The Hall–Kier alpha value is -1.26. The lowest BCUT2D eigenvalue weighted by molar-refractivity contribution is -0.116. The molecule has 26 heavy (non-hydrogen) atoms. The highest BCUT2D eigenvalue weighted by molar-refractivity contribution is 5.61.